The normalized spacial score (nSPS) is 24.2. The van der Waals surface area contributed by atoms with Gasteiger partial charge in [0, 0.05) is 12.8 Å². The van der Waals surface area contributed by atoms with Gasteiger partial charge in [0.2, 0.25) is 0 Å². The molecule has 1 aliphatic rings. The Morgan fingerprint density at radius 3 is 2.57 bits per heavy atom. The monoisotopic (exact) mass is 192 g/mol. The van der Waals surface area contributed by atoms with Crippen LogP contribution in [-0.2, 0) is 12.8 Å². The van der Waals surface area contributed by atoms with Gasteiger partial charge in [-0.3, -0.25) is 0 Å². The predicted octanol–water partition coefficient (Wildman–Crippen LogP) is 2.87. The number of rotatable bonds is 1. The van der Waals surface area contributed by atoms with Crippen LogP contribution in [0.4, 0.5) is 0 Å². The van der Waals surface area contributed by atoms with Crippen molar-refractivity contribution in [3.63, 3.8) is 0 Å². The van der Waals surface area contributed by atoms with Gasteiger partial charge in [0.1, 0.15) is 0 Å². The Labute approximate surface area is 86.8 Å². The molecule has 14 heavy (non-hydrogen) atoms. The summed E-state index contributed by atoms with van der Waals surface area (Å²) in [6.07, 6.45) is 2.51. The van der Waals surface area contributed by atoms with Crippen molar-refractivity contribution in [3.8, 4) is 0 Å². The average molecular weight is 192 g/mol. The SMILES string of the molecule is C.CCC1(O)Cc2ccc(C)cc2C1. The van der Waals surface area contributed by atoms with Crippen LogP contribution in [-0.4, -0.2) is 10.7 Å². The van der Waals surface area contributed by atoms with Crippen LogP contribution >= 0.6 is 0 Å². The van der Waals surface area contributed by atoms with E-state index in [9.17, 15) is 5.11 Å². The summed E-state index contributed by atoms with van der Waals surface area (Å²) in [5.74, 6) is 0. The number of fused-ring (bicyclic) bond motifs is 1. The molecule has 0 bridgehead atoms. The third-order valence-corrected chi connectivity index (χ3v) is 3.06. The zero-order valence-corrected chi connectivity index (χ0v) is 8.30. The second-order valence-corrected chi connectivity index (χ2v) is 4.20. The number of aliphatic hydroxyl groups is 1. The number of hydrogen-bond donors (Lipinski definition) is 1. The standard InChI is InChI=1S/C12H16O.CH4/c1-3-12(13)7-10-5-4-9(2)6-11(10)8-12;/h4-6,13H,3,7-8H2,1-2H3;1H4. The molecular weight excluding hydrogens is 172 g/mol. The molecule has 0 saturated carbocycles. The molecule has 1 nitrogen and oxygen atoms in total. The quantitative estimate of drug-likeness (QED) is 0.725. The summed E-state index contributed by atoms with van der Waals surface area (Å²) in [7, 11) is 0. The molecule has 0 amide bonds. The molecule has 0 spiro atoms. The Balaban J connectivity index is 0.000000980. The van der Waals surface area contributed by atoms with E-state index in [4.69, 9.17) is 0 Å². The first-order chi connectivity index (χ1) is 6.13. The Kier molecular flexibility index (Phi) is 3.01. The van der Waals surface area contributed by atoms with E-state index in [1.165, 1.54) is 16.7 Å². The maximum absolute atomic E-state index is 10.1. The number of benzene rings is 1. The van der Waals surface area contributed by atoms with Crippen LogP contribution in [0.3, 0.4) is 0 Å². The van der Waals surface area contributed by atoms with Crippen molar-refractivity contribution in [3.05, 3.63) is 34.9 Å². The van der Waals surface area contributed by atoms with Crippen LogP contribution in [0, 0.1) is 6.92 Å². The largest absolute Gasteiger partial charge is 0.389 e. The highest BCUT2D eigenvalue weighted by Gasteiger charge is 2.32. The molecule has 0 aliphatic heterocycles. The van der Waals surface area contributed by atoms with Gasteiger partial charge < -0.3 is 5.11 Å². The molecule has 0 heterocycles. The molecule has 78 valence electrons. The van der Waals surface area contributed by atoms with Gasteiger partial charge in [-0.25, -0.2) is 0 Å². The van der Waals surface area contributed by atoms with Crippen molar-refractivity contribution in [2.24, 2.45) is 0 Å². The number of hydrogen-bond acceptors (Lipinski definition) is 1. The number of aryl methyl sites for hydroxylation is 1. The summed E-state index contributed by atoms with van der Waals surface area (Å²) in [5, 5.41) is 10.1. The molecule has 2 rings (SSSR count). The molecule has 0 saturated heterocycles. The van der Waals surface area contributed by atoms with Crippen molar-refractivity contribution >= 4 is 0 Å². The second kappa shape index (κ2) is 3.74. The molecule has 1 aromatic rings. The van der Waals surface area contributed by atoms with Gasteiger partial charge in [0.15, 0.2) is 0 Å². The van der Waals surface area contributed by atoms with E-state index in [1.807, 2.05) is 0 Å². The van der Waals surface area contributed by atoms with E-state index >= 15 is 0 Å². The van der Waals surface area contributed by atoms with Gasteiger partial charge in [-0.2, -0.15) is 0 Å². The van der Waals surface area contributed by atoms with Gasteiger partial charge in [-0.15, -0.1) is 0 Å². The molecule has 1 heteroatoms. The fourth-order valence-electron chi connectivity index (χ4n) is 2.11. The van der Waals surface area contributed by atoms with E-state index in [-0.39, 0.29) is 7.43 Å². The summed E-state index contributed by atoms with van der Waals surface area (Å²) in [6, 6.07) is 6.47. The first-order valence-electron chi connectivity index (χ1n) is 4.94. The smallest absolute Gasteiger partial charge is 0.0725 e. The van der Waals surface area contributed by atoms with Crippen molar-refractivity contribution in [2.75, 3.05) is 0 Å². The van der Waals surface area contributed by atoms with E-state index in [2.05, 4.69) is 32.0 Å². The fraction of sp³-hybridized carbons (Fsp3) is 0.538. The van der Waals surface area contributed by atoms with E-state index in [0.717, 1.165) is 19.3 Å². The molecule has 1 aliphatic carbocycles. The Hall–Kier alpha value is -0.820. The Morgan fingerprint density at radius 1 is 1.29 bits per heavy atom. The second-order valence-electron chi connectivity index (χ2n) is 4.20. The van der Waals surface area contributed by atoms with Crippen molar-refractivity contribution < 1.29 is 5.11 Å². The van der Waals surface area contributed by atoms with Crippen LogP contribution < -0.4 is 0 Å². The van der Waals surface area contributed by atoms with Crippen molar-refractivity contribution in [1.29, 1.82) is 0 Å². The maximum atomic E-state index is 10.1. The summed E-state index contributed by atoms with van der Waals surface area (Å²) >= 11 is 0. The lowest BCUT2D eigenvalue weighted by Gasteiger charge is -2.18. The molecule has 1 unspecified atom stereocenters. The average Bonchev–Trinajstić information content (AvgIpc) is 2.42. The highest BCUT2D eigenvalue weighted by atomic mass is 16.3. The lowest BCUT2D eigenvalue weighted by atomic mass is 9.97. The molecule has 0 aromatic heterocycles. The van der Waals surface area contributed by atoms with Gasteiger partial charge in [0.05, 0.1) is 5.60 Å². The maximum Gasteiger partial charge on any atom is 0.0725 e. The molecule has 0 radical (unpaired) electrons. The first kappa shape index (κ1) is 11.3. The molecule has 1 atom stereocenters. The third kappa shape index (κ3) is 1.83. The van der Waals surface area contributed by atoms with Crippen molar-refractivity contribution in [2.45, 2.75) is 46.1 Å². The van der Waals surface area contributed by atoms with Crippen LogP contribution in [0.2, 0.25) is 0 Å². The topological polar surface area (TPSA) is 20.2 Å². The van der Waals surface area contributed by atoms with E-state index in [0.29, 0.717) is 0 Å². The molecule has 1 aromatic carbocycles. The molecule has 1 N–H and O–H groups in total. The lowest BCUT2D eigenvalue weighted by Crippen LogP contribution is -2.27. The predicted molar refractivity (Wildman–Crippen MR) is 60.6 cm³/mol. The van der Waals surface area contributed by atoms with Crippen LogP contribution in [0.25, 0.3) is 0 Å². The molecular formula is C13H20O. The summed E-state index contributed by atoms with van der Waals surface area (Å²) in [6.45, 7) is 4.16. The van der Waals surface area contributed by atoms with Gasteiger partial charge in [-0.1, -0.05) is 38.1 Å². The summed E-state index contributed by atoms with van der Waals surface area (Å²) in [5.41, 5.74) is 3.49. The fourth-order valence-corrected chi connectivity index (χ4v) is 2.11. The van der Waals surface area contributed by atoms with Crippen LogP contribution in [0.1, 0.15) is 37.5 Å². The Bertz CT molecular complexity index is 330. The molecule has 0 fully saturated rings. The van der Waals surface area contributed by atoms with Crippen LogP contribution in [0.5, 0.6) is 0 Å². The van der Waals surface area contributed by atoms with E-state index < -0.39 is 5.60 Å². The highest BCUT2D eigenvalue weighted by molar-refractivity contribution is 5.38. The minimum absolute atomic E-state index is 0. The minimum atomic E-state index is -0.462. The van der Waals surface area contributed by atoms with Gasteiger partial charge >= 0.3 is 0 Å². The van der Waals surface area contributed by atoms with Crippen molar-refractivity contribution in [1.82, 2.24) is 0 Å². The lowest BCUT2D eigenvalue weighted by molar-refractivity contribution is 0.0475. The van der Waals surface area contributed by atoms with Gasteiger partial charge in [0.25, 0.3) is 0 Å². The first-order valence-corrected chi connectivity index (χ1v) is 4.94. The van der Waals surface area contributed by atoms with Crippen LogP contribution in [0.15, 0.2) is 18.2 Å². The summed E-state index contributed by atoms with van der Waals surface area (Å²) < 4.78 is 0. The Morgan fingerprint density at radius 2 is 1.93 bits per heavy atom. The minimum Gasteiger partial charge on any atom is -0.389 e. The van der Waals surface area contributed by atoms with Gasteiger partial charge in [-0.05, 0) is 24.5 Å². The third-order valence-electron chi connectivity index (χ3n) is 3.06. The highest BCUT2D eigenvalue weighted by Crippen LogP contribution is 2.32. The summed E-state index contributed by atoms with van der Waals surface area (Å²) in [4.78, 5) is 0. The zero-order valence-electron chi connectivity index (χ0n) is 8.30. The zero-order chi connectivity index (χ0) is 9.47. The van der Waals surface area contributed by atoms with E-state index in [1.54, 1.807) is 0 Å².